The summed E-state index contributed by atoms with van der Waals surface area (Å²) in [5, 5.41) is 14.9. The molecule has 0 fully saturated rings. The summed E-state index contributed by atoms with van der Waals surface area (Å²) < 4.78 is 1.71. The molecule has 0 unspecified atom stereocenters. The number of thioether (sulfide) groups is 1. The van der Waals surface area contributed by atoms with Crippen molar-refractivity contribution in [3.05, 3.63) is 40.8 Å². The van der Waals surface area contributed by atoms with Gasteiger partial charge >= 0.3 is 0 Å². The third-order valence-corrected chi connectivity index (χ3v) is 6.39. The first-order valence-corrected chi connectivity index (χ1v) is 11.0. The maximum Gasteiger partial charge on any atom is 0.250 e. The van der Waals surface area contributed by atoms with E-state index >= 15 is 0 Å². The highest BCUT2D eigenvalue weighted by molar-refractivity contribution is 8.16. The predicted octanol–water partition coefficient (Wildman–Crippen LogP) is 3.00. The highest BCUT2D eigenvalue weighted by Crippen LogP contribution is 2.31. The summed E-state index contributed by atoms with van der Waals surface area (Å²) in [5.74, 6) is 0.0107. The van der Waals surface area contributed by atoms with Gasteiger partial charge < -0.3 is 10.2 Å². The number of carbonyl (C=O) groups excluding carboxylic acids is 2. The van der Waals surface area contributed by atoms with Crippen LogP contribution in [0.2, 0.25) is 0 Å². The molecule has 2 amide bonds. The lowest BCUT2D eigenvalue weighted by atomic mass is 10.1. The van der Waals surface area contributed by atoms with Crippen molar-refractivity contribution in [2.45, 2.75) is 13.3 Å². The van der Waals surface area contributed by atoms with Gasteiger partial charge in [0, 0.05) is 35.8 Å². The Morgan fingerprint density at radius 2 is 2.03 bits per heavy atom. The normalized spacial score (nSPS) is 15.2. The number of hydrogen-bond acceptors (Lipinski definition) is 8. The summed E-state index contributed by atoms with van der Waals surface area (Å²) in [5.41, 5.74) is 3.49. The van der Waals surface area contributed by atoms with E-state index in [9.17, 15) is 9.59 Å². The topological polar surface area (TPSA) is 104 Å². The fraction of sp³-hybridized carbons (Fsp3) is 0.211. The van der Waals surface area contributed by atoms with E-state index in [1.54, 1.807) is 16.3 Å². The Morgan fingerprint density at radius 1 is 1.20 bits per heavy atom. The summed E-state index contributed by atoms with van der Waals surface area (Å²) in [6.45, 7) is 3.07. The molecule has 0 radical (unpaired) electrons. The summed E-state index contributed by atoms with van der Waals surface area (Å²) in [6.07, 6.45) is 0.260. The van der Waals surface area contributed by atoms with Crippen molar-refractivity contribution in [1.82, 2.24) is 19.5 Å². The minimum absolute atomic E-state index is 0.113. The summed E-state index contributed by atoms with van der Waals surface area (Å²) >= 11 is 3.00. The molecule has 0 aliphatic carbocycles. The number of nitrogens with zero attached hydrogens (tertiary/aromatic N) is 5. The summed E-state index contributed by atoms with van der Waals surface area (Å²) in [4.78, 5) is 35.2. The summed E-state index contributed by atoms with van der Waals surface area (Å²) in [6, 6.07) is 7.49. The van der Waals surface area contributed by atoms with Crippen molar-refractivity contribution >= 4 is 56.7 Å². The Morgan fingerprint density at radius 3 is 2.83 bits per heavy atom. The SMILES string of the molecule is CC(=O)Nc1ccc(-c2csc3nc(NC(=O)CC4=CSC5=NCCN45)nn23)cc1. The van der Waals surface area contributed by atoms with Crippen LogP contribution in [-0.4, -0.2) is 49.6 Å². The standard InChI is InChI=1S/C19H17N7O2S2/c1-11(27)21-13-4-2-12(3-5-13)15-10-30-19-23-17(24-26(15)19)22-16(28)8-14-9-29-18-20-6-7-25(14)18/h2-5,9-10H,6-8H2,1H3,(H,21,27)(H,22,24,28). The molecule has 3 aromatic rings. The molecular weight excluding hydrogens is 422 g/mol. The molecule has 2 aromatic heterocycles. The second-order valence-corrected chi connectivity index (χ2v) is 8.45. The lowest BCUT2D eigenvalue weighted by Crippen LogP contribution is -2.24. The first kappa shape index (κ1) is 18.8. The Hall–Kier alpha value is -3.18. The average Bonchev–Trinajstić information content (AvgIpc) is 3.45. The lowest BCUT2D eigenvalue weighted by molar-refractivity contribution is -0.116. The van der Waals surface area contributed by atoms with Crippen molar-refractivity contribution in [1.29, 1.82) is 0 Å². The van der Waals surface area contributed by atoms with Crippen LogP contribution in [0.1, 0.15) is 13.3 Å². The smallest absolute Gasteiger partial charge is 0.250 e. The highest BCUT2D eigenvalue weighted by atomic mass is 32.2. The molecule has 5 rings (SSSR count). The molecule has 2 N–H and O–H groups in total. The molecule has 0 saturated heterocycles. The maximum atomic E-state index is 12.5. The Balaban J connectivity index is 1.30. The minimum atomic E-state index is -0.158. The third-order valence-electron chi connectivity index (χ3n) is 4.62. The molecule has 11 heteroatoms. The zero-order chi connectivity index (χ0) is 20.7. The van der Waals surface area contributed by atoms with Gasteiger partial charge in [-0.05, 0) is 17.5 Å². The third kappa shape index (κ3) is 3.57. The highest BCUT2D eigenvalue weighted by Gasteiger charge is 2.27. The number of carbonyl (C=O) groups is 2. The molecular formula is C19H17N7O2S2. The Bertz CT molecular complexity index is 1210. The van der Waals surface area contributed by atoms with Gasteiger partial charge in [0.2, 0.25) is 22.7 Å². The van der Waals surface area contributed by atoms with Crippen LogP contribution in [-0.2, 0) is 9.59 Å². The minimum Gasteiger partial charge on any atom is -0.326 e. The van der Waals surface area contributed by atoms with Gasteiger partial charge in [-0.3, -0.25) is 19.9 Å². The van der Waals surface area contributed by atoms with Crippen LogP contribution >= 0.6 is 23.1 Å². The molecule has 9 nitrogen and oxygen atoms in total. The molecule has 0 saturated carbocycles. The quantitative estimate of drug-likeness (QED) is 0.633. The predicted molar refractivity (Wildman–Crippen MR) is 119 cm³/mol. The van der Waals surface area contributed by atoms with Crippen molar-refractivity contribution < 1.29 is 9.59 Å². The molecule has 1 aromatic carbocycles. The first-order valence-electron chi connectivity index (χ1n) is 9.27. The van der Waals surface area contributed by atoms with E-state index < -0.39 is 0 Å². The van der Waals surface area contributed by atoms with E-state index in [-0.39, 0.29) is 24.2 Å². The summed E-state index contributed by atoms with van der Waals surface area (Å²) in [7, 11) is 0. The fourth-order valence-corrected chi connectivity index (χ4v) is 5.09. The van der Waals surface area contributed by atoms with E-state index in [4.69, 9.17) is 0 Å². The molecule has 4 heterocycles. The second kappa shape index (κ2) is 7.58. The van der Waals surface area contributed by atoms with Crippen molar-refractivity contribution in [2.75, 3.05) is 23.7 Å². The molecule has 0 bridgehead atoms. The van der Waals surface area contributed by atoms with Gasteiger partial charge in [-0.15, -0.1) is 16.4 Å². The Kier molecular flexibility index (Phi) is 4.75. The van der Waals surface area contributed by atoms with E-state index in [1.807, 2.05) is 35.1 Å². The molecule has 0 atom stereocenters. The largest absolute Gasteiger partial charge is 0.326 e. The van der Waals surface area contributed by atoms with Gasteiger partial charge in [-0.1, -0.05) is 23.9 Å². The number of anilines is 2. The van der Waals surface area contributed by atoms with Crippen molar-refractivity contribution in [3.8, 4) is 11.3 Å². The van der Waals surface area contributed by atoms with Crippen LogP contribution in [0, 0.1) is 0 Å². The second-order valence-electron chi connectivity index (χ2n) is 6.78. The van der Waals surface area contributed by atoms with Crippen LogP contribution in [0.25, 0.3) is 16.2 Å². The molecule has 2 aliphatic rings. The van der Waals surface area contributed by atoms with Crippen LogP contribution in [0.3, 0.4) is 0 Å². The average molecular weight is 440 g/mol. The van der Waals surface area contributed by atoms with Gasteiger partial charge in [0.05, 0.1) is 18.7 Å². The molecule has 152 valence electrons. The number of benzene rings is 1. The van der Waals surface area contributed by atoms with E-state index in [1.165, 1.54) is 18.3 Å². The zero-order valence-electron chi connectivity index (χ0n) is 16.0. The van der Waals surface area contributed by atoms with Crippen LogP contribution in [0.5, 0.6) is 0 Å². The van der Waals surface area contributed by atoms with Gasteiger partial charge in [-0.25, -0.2) is 4.52 Å². The number of nitrogens with one attached hydrogen (secondary N) is 2. The van der Waals surface area contributed by atoms with Gasteiger partial charge in [0.1, 0.15) is 0 Å². The number of fused-ring (bicyclic) bond motifs is 2. The van der Waals surface area contributed by atoms with E-state index in [0.717, 1.165) is 40.9 Å². The zero-order valence-corrected chi connectivity index (χ0v) is 17.6. The number of amidine groups is 1. The molecule has 0 spiro atoms. The number of amides is 2. The van der Waals surface area contributed by atoms with Gasteiger partial charge in [0.15, 0.2) is 5.17 Å². The molecule has 2 aliphatic heterocycles. The van der Waals surface area contributed by atoms with Gasteiger partial charge in [-0.2, -0.15) is 4.98 Å². The fourth-order valence-electron chi connectivity index (χ4n) is 3.31. The van der Waals surface area contributed by atoms with E-state index in [2.05, 4.69) is 30.6 Å². The number of aliphatic imine (C=N–C) groups is 1. The van der Waals surface area contributed by atoms with Crippen molar-refractivity contribution in [3.63, 3.8) is 0 Å². The Labute approximate surface area is 179 Å². The van der Waals surface area contributed by atoms with Crippen LogP contribution in [0.4, 0.5) is 11.6 Å². The van der Waals surface area contributed by atoms with E-state index in [0.29, 0.717) is 4.96 Å². The number of thiazole rings is 1. The van der Waals surface area contributed by atoms with Crippen LogP contribution < -0.4 is 10.6 Å². The maximum absolute atomic E-state index is 12.5. The van der Waals surface area contributed by atoms with Crippen molar-refractivity contribution in [2.24, 2.45) is 4.99 Å². The first-order chi connectivity index (χ1) is 14.6. The van der Waals surface area contributed by atoms with Crippen LogP contribution in [0.15, 0.2) is 45.7 Å². The monoisotopic (exact) mass is 439 g/mol. The number of rotatable bonds is 5. The lowest BCUT2D eigenvalue weighted by Gasteiger charge is -2.15. The molecule has 30 heavy (non-hydrogen) atoms. The van der Waals surface area contributed by atoms with Gasteiger partial charge in [0.25, 0.3) is 0 Å². The number of aromatic nitrogens is 3. The number of hydrogen-bond donors (Lipinski definition) is 2.